The topological polar surface area (TPSA) is 51.3 Å². The predicted molar refractivity (Wildman–Crippen MR) is 61.0 cm³/mol. The van der Waals surface area contributed by atoms with Gasteiger partial charge in [-0.3, -0.25) is 4.98 Å². The Morgan fingerprint density at radius 1 is 1.06 bits per heavy atom. The van der Waals surface area contributed by atoms with Crippen LogP contribution in [0.2, 0.25) is 0 Å². The highest BCUT2D eigenvalue weighted by Crippen LogP contribution is 2.13. The molecule has 0 unspecified atom stereocenters. The Morgan fingerprint density at radius 3 is 2.31 bits per heavy atom. The molecule has 0 amide bonds. The lowest BCUT2D eigenvalue weighted by Gasteiger charge is -2.00. The molecule has 0 saturated heterocycles. The standard InChI is InChI=1S/C12H10FN3/c13-10-1-3-11(4-2-10)16-12(14)9-5-7-15-8-6-9/h1-8H,(H2,14,16). The fourth-order valence-electron chi connectivity index (χ4n) is 1.24. The molecular formula is C12H10FN3. The first-order chi connectivity index (χ1) is 7.75. The van der Waals surface area contributed by atoms with E-state index in [-0.39, 0.29) is 5.82 Å². The maximum absolute atomic E-state index is 12.7. The molecule has 80 valence electrons. The van der Waals surface area contributed by atoms with E-state index in [1.807, 2.05) is 0 Å². The van der Waals surface area contributed by atoms with E-state index in [0.29, 0.717) is 11.5 Å². The first-order valence-electron chi connectivity index (χ1n) is 4.76. The van der Waals surface area contributed by atoms with Gasteiger partial charge >= 0.3 is 0 Å². The van der Waals surface area contributed by atoms with Crippen LogP contribution in [0.15, 0.2) is 53.8 Å². The zero-order chi connectivity index (χ0) is 11.4. The van der Waals surface area contributed by atoms with Gasteiger partial charge in [-0.15, -0.1) is 0 Å². The molecule has 0 saturated carbocycles. The van der Waals surface area contributed by atoms with Gasteiger partial charge in [0.05, 0.1) is 5.69 Å². The zero-order valence-electron chi connectivity index (χ0n) is 8.47. The van der Waals surface area contributed by atoms with Crippen molar-refractivity contribution in [2.75, 3.05) is 0 Å². The van der Waals surface area contributed by atoms with Crippen LogP contribution in [-0.4, -0.2) is 10.8 Å². The first kappa shape index (κ1) is 10.3. The van der Waals surface area contributed by atoms with E-state index in [1.54, 1.807) is 36.7 Å². The molecule has 16 heavy (non-hydrogen) atoms. The third-order valence-corrected chi connectivity index (χ3v) is 2.05. The number of rotatable bonds is 2. The van der Waals surface area contributed by atoms with Crippen LogP contribution >= 0.6 is 0 Å². The lowest BCUT2D eigenvalue weighted by Crippen LogP contribution is -2.12. The van der Waals surface area contributed by atoms with Gasteiger partial charge in [0, 0.05) is 18.0 Å². The fourth-order valence-corrected chi connectivity index (χ4v) is 1.24. The second-order valence-electron chi connectivity index (χ2n) is 3.21. The summed E-state index contributed by atoms with van der Waals surface area (Å²) in [7, 11) is 0. The largest absolute Gasteiger partial charge is 0.383 e. The summed E-state index contributed by atoms with van der Waals surface area (Å²) in [6.45, 7) is 0. The van der Waals surface area contributed by atoms with Crippen LogP contribution in [0.3, 0.4) is 0 Å². The number of benzene rings is 1. The number of hydrogen-bond donors (Lipinski definition) is 1. The van der Waals surface area contributed by atoms with Gasteiger partial charge < -0.3 is 5.73 Å². The average molecular weight is 215 g/mol. The summed E-state index contributed by atoms with van der Waals surface area (Å²) in [5, 5.41) is 0. The van der Waals surface area contributed by atoms with Crippen molar-refractivity contribution in [1.29, 1.82) is 0 Å². The molecule has 2 aromatic rings. The molecule has 0 aliphatic carbocycles. The van der Waals surface area contributed by atoms with Gasteiger partial charge in [-0.1, -0.05) is 0 Å². The predicted octanol–water partition coefficient (Wildman–Crippen LogP) is 2.26. The van der Waals surface area contributed by atoms with Crippen molar-refractivity contribution in [3.8, 4) is 0 Å². The number of pyridine rings is 1. The molecule has 0 aliphatic rings. The van der Waals surface area contributed by atoms with Crippen LogP contribution in [-0.2, 0) is 0 Å². The van der Waals surface area contributed by atoms with E-state index in [9.17, 15) is 4.39 Å². The lowest BCUT2D eigenvalue weighted by atomic mass is 10.2. The summed E-state index contributed by atoms with van der Waals surface area (Å²) < 4.78 is 12.7. The Hall–Kier alpha value is -2.23. The minimum absolute atomic E-state index is 0.290. The van der Waals surface area contributed by atoms with Gasteiger partial charge in [0.25, 0.3) is 0 Å². The summed E-state index contributed by atoms with van der Waals surface area (Å²) in [6, 6.07) is 9.37. The smallest absolute Gasteiger partial charge is 0.131 e. The van der Waals surface area contributed by atoms with Gasteiger partial charge in [-0.25, -0.2) is 9.38 Å². The van der Waals surface area contributed by atoms with Gasteiger partial charge in [-0.2, -0.15) is 0 Å². The molecule has 1 aromatic carbocycles. The summed E-state index contributed by atoms with van der Waals surface area (Å²) in [6.07, 6.45) is 3.28. The summed E-state index contributed by atoms with van der Waals surface area (Å²) in [5.74, 6) is 0.0930. The van der Waals surface area contributed by atoms with Crippen molar-refractivity contribution < 1.29 is 4.39 Å². The number of halogens is 1. The molecule has 0 bridgehead atoms. The molecule has 0 aliphatic heterocycles. The second kappa shape index (κ2) is 4.53. The van der Waals surface area contributed by atoms with E-state index in [1.165, 1.54) is 12.1 Å². The van der Waals surface area contributed by atoms with E-state index in [2.05, 4.69) is 9.98 Å². The minimum Gasteiger partial charge on any atom is -0.383 e. The van der Waals surface area contributed by atoms with Gasteiger partial charge in [0.1, 0.15) is 11.7 Å². The van der Waals surface area contributed by atoms with Gasteiger partial charge in [0.15, 0.2) is 0 Å². The molecule has 2 rings (SSSR count). The minimum atomic E-state index is -0.290. The molecule has 2 N–H and O–H groups in total. The van der Waals surface area contributed by atoms with Crippen LogP contribution < -0.4 is 5.73 Å². The van der Waals surface area contributed by atoms with E-state index in [4.69, 9.17) is 5.73 Å². The Labute approximate surface area is 92.5 Å². The van der Waals surface area contributed by atoms with Gasteiger partial charge in [0.2, 0.25) is 0 Å². The number of nitrogens with two attached hydrogens (primary N) is 1. The average Bonchev–Trinajstić information content (AvgIpc) is 2.33. The number of amidine groups is 1. The Kier molecular flexibility index (Phi) is 2.91. The Morgan fingerprint density at radius 2 is 1.69 bits per heavy atom. The number of hydrogen-bond acceptors (Lipinski definition) is 2. The summed E-state index contributed by atoms with van der Waals surface area (Å²) in [4.78, 5) is 8.06. The van der Waals surface area contributed by atoms with Gasteiger partial charge in [-0.05, 0) is 36.4 Å². The molecule has 0 fully saturated rings. The lowest BCUT2D eigenvalue weighted by molar-refractivity contribution is 0.628. The highest BCUT2D eigenvalue weighted by atomic mass is 19.1. The first-order valence-corrected chi connectivity index (χ1v) is 4.76. The summed E-state index contributed by atoms with van der Waals surface area (Å²) >= 11 is 0. The number of nitrogens with zero attached hydrogens (tertiary/aromatic N) is 2. The molecule has 0 atom stereocenters. The summed E-state index contributed by atoms with van der Waals surface area (Å²) in [5.41, 5.74) is 7.21. The van der Waals surface area contributed by atoms with E-state index >= 15 is 0 Å². The molecule has 1 aromatic heterocycles. The van der Waals surface area contributed by atoms with Crippen LogP contribution in [0.4, 0.5) is 10.1 Å². The quantitative estimate of drug-likeness (QED) is 0.617. The SMILES string of the molecule is NC(=Nc1ccc(F)cc1)c1ccncc1. The van der Waals surface area contributed by atoms with Crippen molar-refractivity contribution in [2.45, 2.75) is 0 Å². The molecule has 4 heteroatoms. The maximum Gasteiger partial charge on any atom is 0.131 e. The van der Waals surface area contributed by atoms with Crippen LogP contribution in [0, 0.1) is 5.82 Å². The van der Waals surface area contributed by atoms with E-state index in [0.717, 1.165) is 5.56 Å². The molecule has 0 spiro atoms. The number of aliphatic imine (C=N–C) groups is 1. The molecular weight excluding hydrogens is 205 g/mol. The Bertz CT molecular complexity index is 491. The zero-order valence-corrected chi connectivity index (χ0v) is 8.47. The van der Waals surface area contributed by atoms with Crippen molar-refractivity contribution in [1.82, 2.24) is 4.98 Å². The highest BCUT2D eigenvalue weighted by molar-refractivity contribution is 5.98. The maximum atomic E-state index is 12.7. The van der Waals surface area contributed by atoms with Crippen molar-refractivity contribution in [3.63, 3.8) is 0 Å². The molecule has 3 nitrogen and oxygen atoms in total. The van der Waals surface area contributed by atoms with Crippen LogP contribution in [0.5, 0.6) is 0 Å². The van der Waals surface area contributed by atoms with E-state index < -0.39 is 0 Å². The highest BCUT2D eigenvalue weighted by Gasteiger charge is 1.97. The fraction of sp³-hybridized carbons (Fsp3) is 0. The monoisotopic (exact) mass is 215 g/mol. The van der Waals surface area contributed by atoms with Crippen molar-refractivity contribution in [2.24, 2.45) is 10.7 Å². The third-order valence-electron chi connectivity index (χ3n) is 2.05. The van der Waals surface area contributed by atoms with Crippen molar-refractivity contribution >= 4 is 11.5 Å². The second-order valence-corrected chi connectivity index (χ2v) is 3.21. The van der Waals surface area contributed by atoms with Crippen LogP contribution in [0.25, 0.3) is 0 Å². The Balaban J connectivity index is 2.28. The molecule has 0 radical (unpaired) electrons. The van der Waals surface area contributed by atoms with Crippen molar-refractivity contribution in [3.05, 3.63) is 60.2 Å². The normalized spacial score (nSPS) is 11.4. The number of aromatic nitrogens is 1. The third kappa shape index (κ3) is 2.42. The van der Waals surface area contributed by atoms with Crippen LogP contribution in [0.1, 0.15) is 5.56 Å². The molecule has 1 heterocycles.